The molecule has 3 nitrogen and oxygen atoms in total. The van der Waals surface area contributed by atoms with Crippen LogP contribution in [0.5, 0.6) is 0 Å². The highest BCUT2D eigenvalue weighted by atomic mass is 35.5. The predicted octanol–water partition coefficient (Wildman–Crippen LogP) is 1.65. The zero-order valence-electron chi connectivity index (χ0n) is 6.46. The van der Waals surface area contributed by atoms with Crippen molar-refractivity contribution < 1.29 is 9.53 Å². The number of hydrogen-bond donors (Lipinski definition) is 1. The van der Waals surface area contributed by atoms with Crippen LogP contribution in [0.25, 0.3) is 0 Å². The Morgan fingerprint density at radius 3 is 2.92 bits per heavy atom. The lowest BCUT2D eigenvalue weighted by atomic mass is 10.3. The molecular formula is C7H8ClNO2S. The molecule has 66 valence electrons. The maximum atomic E-state index is 11.0. The van der Waals surface area contributed by atoms with Crippen LogP contribution in [0.15, 0.2) is 6.07 Å². The van der Waals surface area contributed by atoms with Gasteiger partial charge in [-0.3, -0.25) is 0 Å². The number of carbonyl (C=O) groups excluding carboxylic acids is 1. The van der Waals surface area contributed by atoms with Crippen molar-refractivity contribution in [2.24, 2.45) is 5.73 Å². The molecule has 1 aromatic heterocycles. The van der Waals surface area contributed by atoms with E-state index in [9.17, 15) is 4.79 Å². The van der Waals surface area contributed by atoms with Gasteiger partial charge in [0.05, 0.1) is 11.4 Å². The van der Waals surface area contributed by atoms with Crippen molar-refractivity contribution in [3.8, 4) is 0 Å². The lowest BCUT2D eigenvalue weighted by Gasteiger charge is -1.90. The number of methoxy groups -OCH3 is 1. The normalized spacial score (nSPS) is 9.92. The van der Waals surface area contributed by atoms with E-state index in [1.54, 1.807) is 6.07 Å². The summed E-state index contributed by atoms with van der Waals surface area (Å²) in [6.45, 7) is 0.340. The van der Waals surface area contributed by atoms with Gasteiger partial charge in [-0.15, -0.1) is 11.3 Å². The lowest BCUT2D eigenvalue weighted by Crippen LogP contribution is -1.98. The van der Waals surface area contributed by atoms with Gasteiger partial charge >= 0.3 is 5.97 Å². The topological polar surface area (TPSA) is 52.3 Å². The quantitative estimate of drug-likeness (QED) is 0.747. The Morgan fingerprint density at radius 1 is 1.83 bits per heavy atom. The number of esters is 1. The van der Waals surface area contributed by atoms with Crippen LogP contribution in [0.2, 0.25) is 4.34 Å². The number of ether oxygens (including phenoxy) is 1. The predicted molar refractivity (Wildman–Crippen MR) is 48.6 cm³/mol. The van der Waals surface area contributed by atoms with Crippen LogP contribution in [0, 0.1) is 0 Å². The summed E-state index contributed by atoms with van der Waals surface area (Å²) in [6, 6.07) is 1.65. The first-order chi connectivity index (χ1) is 5.69. The van der Waals surface area contributed by atoms with Gasteiger partial charge in [0.1, 0.15) is 4.88 Å². The Kier molecular flexibility index (Phi) is 3.08. The van der Waals surface area contributed by atoms with Gasteiger partial charge in [0.15, 0.2) is 0 Å². The van der Waals surface area contributed by atoms with Crippen molar-refractivity contribution in [1.29, 1.82) is 0 Å². The van der Waals surface area contributed by atoms with Gasteiger partial charge < -0.3 is 10.5 Å². The fourth-order valence-electron chi connectivity index (χ4n) is 0.747. The number of rotatable bonds is 2. The van der Waals surface area contributed by atoms with E-state index < -0.39 is 0 Å². The summed E-state index contributed by atoms with van der Waals surface area (Å²) in [7, 11) is 1.33. The number of thiophene rings is 1. The maximum absolute atomic E-state index is 11.0. The Morgan fingerprint density at radius 2 is 2.50 bits per heavy atom. The van der Waals surface area contributed by atoms with E-state index in [1.165, 1.54) is 18.4 Å². The standard InChI is InChI=1S/C7H8ClNO2S/c1-11-7(10)5-2-4(3-9)6(8)12-5/h2H,3,9H2,1H3. The molecule has 1 heterocycles. The van der Waals surface area contributed by atoms with Crippen LogP contribution >= 0.6 is 22.9 Å². The number of nitrogens with two attached hydrogens (primary N) is 1. The van der Waals surface area contributed by atoms with E-state index in [4.69, 9.17) is 17.3 Å². The van der Waals surface area contributed by atoms with Crippen LogP contribution in [0.4, 0.5) is 0 Å². The molecule has 0 saturated carbocycles. The summed E-state index contributed by atoms with van der Waals surface area (Å²) < 4.78 is 5.07. The molecule has 12 heavy (non-hydrogen) atoms. The molecule has 1 aromatic rings. The first kappa shape index (κ1) is 9.51. The minimum Gasteiger partial charge on any atom is -0.465 e. The third kappa shape index (κ3) is 1.77. The summed E-state index contributed by atoms with van der Waals surface area (Å²) in [6.07, 6.45) is 0. The summed E-state index contributed by atoms with van der Waals surface area (Å²) >= 11 is 6.96. The smallest absolute Gasteiger partial charge is 0.348 e. The van der Waals surface area contributed by atoms with Crippen molar-refractivity contribution in [2.75, 3.05) is 7.11 Å². The van der Waals surface area contributed by atoms with Crippen molar-refractivity contribution in [2.45, 2.75) is 6.54 Å². The van der Waals surface area contributed by atoms with E-state index in [2.05, 4.69) is 4.74 Å². The summed E-state index contributed by atoms with van der Waals surface area (Å²) in [5.41, 5.74) is 6.16. The highest BCUT2D eigenvalue weighted by Gasteiger charge is 2.12. The first-order valence-corrected chi connectivity index (χ1v) is 4.45. The van der Waals surface area contributed by atoms with E-state index in [0.717, 1.165) is 5.56 Å². The summed E-state index contributed by atoms with van der Waals surface area (Å²) in [4.78, 5) is 11.5. The number of halogens is 1. The maximum Gasteiger partial charge on any atom is 0.348 e. The van der Waals surface area contributed by atoms with Gasteiger partial charge in [-0.25, -0.2) is 4.79 Å². The van der Waals surface area contributed by atoms with Gasteiger partial charge in [0.25, 0.3) is 0 Å². The van der Waals surface area contributed by atoms with E-state index in [1.807, 2.05) is 0 Å². The molecule has 0 aromatic carbocycles. The van der Waals surface area contributed by atoms with Crippen LogP contribution in [0.1, 0.15) is 15.2 Å². The summed E-state index contributed by atoms with van der Waals surface area (Å²) in [5.74, 6) is -0.374. The first-order valence-electron chi connectivity index (χ1n) is 3.25. The third-order valence-corrected chi connectivity index (χ3v) is 2.78. The average molecular weight is 206 g/mol. The molecule has 0 amide bonds. The Hall–Kier alpha value is -0.580. The molecule has 2 N–H and O–H groups in total. The van der Waals surface area contributed by atoms with E-state index >= 15 is 0 Å². The number of hydrogen-bond acceptors (Lipinski definition) is 4. The molecule has 0 radical (unpaired) electrons. The largest absolute Gasteiger partial charge is 0.465 e. The van der Waals surface area contributed by atoms with Gasteiger partial charge in [0.2, 0.25) is 0 Å². The van der Waals surface area contributed by atoms with Gasteiger partial charge in [-0.1, -0.05) is 11.6 Å². The van der Waals surface area contributed by atoms with Crippen LogP contribution in [0.3, 0.4) is 0 Å². The van der Waals surface area contributed by atoms with E-state index in [0.29, 0.717) is 15.8 Å². The Bertz CT molecular complexity index is 298. The molecule has 0 bridgehead atoms. The third-order valence-electron chi connectivity index (χ3n) is 1.36. The van der Waals surface area contributed by atoms with Crippen molar-refractivity contribution in [1.82, 2.24) is 0 Å². The molecule has 0 atom stereocenters. The highest BCUT2D eigenvalue weighted by Crippen LogP contribution is 2.27. The van der Waals surface area contributed by atoms with Crippen molar-refractivity contribution in [3.05, 3.63) is 20.8 Å². The second-order valence-electron chi connectivity index (χ2n) is 2.11. The highest BCUT2D eigenvalue weighted by molar-refractivity contribution is 7.18. The molecule has 0 spiro atoms. The fourth-order valence-corrected chi connectivity index (χ4v) is 1.96. The SMILES string of the molecule is COC(=O)c1cc(CN)c(Cl)s1. The monoisotopic (exact) mass is 205 g/mol. The fraction of sp³-hybridized carbons (Fsp3) is 0.286. The zero-order chi connectivity index (χ0) is 9.14. The van der Waals surface area contributed by atoms with Gasteiger partial charge in [0, 0.05) is 6.54 Å². The molecule has 0 aliphatic heterocycles. The second kappa shape index (κ2) is 3.89. The molecular weight excluding hydrogens is 198 g/mol. The Labute approximate surface area is 79.1 Å². The molecule has 0 fully saturated rings. The molecule has 0 aliphatic carbocycles. The molecule has 1 rings (SSSR count). The average Bonchev–Trinajstić information content (AvgIpc) is 2.45. The van der Waals surface area contributed by atoms with Crippen molar-refractivity contribution >= 4 is 28.9 Å². The van der Waals surface area contributed by atoms with Crippen LogP contribution in [-0.2, 0) is 11.3 Å². The van der Waals surface area contributed by atoms with Crippen molar-refractivity contribution in [3.63, 3.8) is 0 Å². The van der Waals surface area contributed by atoms with Crippen LogP contribution < -0.4 is 5.73 Å². The minimum atomic E-state index is -0.374. The molecule has 0 saturated heterocycles. The lowest BCUT2D eigenvalue weighted by molar-refractivity contribution is 0.0606. The van der Waals surface area contributed by atoms with Gasteiger partial charge in [-0.2, -0.15) is 0 Å². The molecule has 5 heteroatoms. The van der Waals surface area contributed by atoms with Gasteiger partial charge in [-0.05, 0) is 11.6 Å². The summed E-state index contributed by atoms with van der Waals surface area (Å²) in [5, 5.41) is 0. The zero-order valence-corrected chi connectivity index (χ0v) is 8.04. The van der Waals surface area contributed by atoms with Crippen LogP contribution in [-0.4, -0.2) is 13.1 Å². The molecule has 0 unspecified atom stereocenters. The minimum absolute atomic E-state index is 0.340. The second-order valence-corrected chi connectivity index (χ2v) is 3.76. The molecule has 0 aliphatic rings. The number of carbonyl (C=O) groups is 1. The Balaban J connectivity index is 2.96. The van der Waals surface area contributed by atoms with E-state index in [-0.39, 0.29) is 5.97 Å².